The van der Waals surface area contributed by atoms with Gasteiger partial charge in [0.25, 0.3) is 11.8 Å². The summed E-state index contributed by atoms with van der Waals surface area (Å²) in [4.78, 5) is 33.6. The number of hydrogen-bond acceptors (Lipinski definition) is 8. The summed E-state index contributed by atoms with van der Waals surface area (Å²) in [6.45, 7) is 1.26. The van der Waals surface area contributed by atoms with Gasteiger partial charge in [-0.25, -0.2) is 9.97 Å². The number of nitrogens with zero attached hydrogens (tertiary/aromatic N) is 3. The molecule has 2 aromatic heterocycles. The number of amides is 2. The van der Waals surface area contributed by atoms with E-state index in [2.05, 4.69) is 26.7 Å². The highest BCUT2D eigenvalue weighted by Crippen LogP contribution is 2.47. The van der Waals surface area contributed by atoms with Gasteiger partial charge < -0.3 is 15.2 Å². The van der Waals surface area contributed by atoms with Crippen molar-refractivity contribution in [3.8, 4) is 17.7 Å². The Morgan fingerprint density at radius 1 is 1.14 bits per heavy atom. The van der Waals surface area contributed by atoms with Crippen molar-refractivity contribution >= 4 is 44.3 Å². The topological polar surface area (TPSA) is 137 Å². The Bertz CT molecular complexity index is 1540. The standard InChI is InChI=1S/C26H21N5O4S/c1-15-5-6-18(28-23(34)16-3-2-4-17(11-16)26(14-27)9-10-26)12-20(15)35-22-8-7-19-24(31-22)36-25(29-19)30-21(33)13-32/h2-8,11-12,32H,9-10,13H2,1H3,(H,28,34)(H,29,30,33). The van der Waals surface area contributed by atoms with Crippen molar-refractivity contribution in [2.75, 3.05) is 17.2 Å². The van der Waals surface area contributed by atoms with Crippen LogP contribution in [-0.2, 0) is 10.2 Å². The van der Waals surface area contributed by atoms with Crippen LogP contribution in [0.1, 0.15) is 34.3 Å². The van der Waals surface area contributed by atoms with Gasteiger partial charge in [0.15, 0.2) is 5.13 Å². The molecule has 36 heavy (non-hydrogen) atoms. The minimum atomic E-state index is -0.629. The van der Waals surface area contributed by atoms with Gasteiger partial charge in [-0.2, -0.15) is 5.26 Å². The van der Waals surface area contributed by atoms with Crippen LogP contribution in [0, 0.1) is 18.3 Å². The summed E-state index contributed by atoms with van der Waals surface area (Å²) in [6.07, 6.45) is 1.63. The number of aromatic nitrogens is 2. The van der Waals surface area contributed by atoms with E-state index in [-0.39, 0.29) is 5.91 Å². The van der Waals surface area contributed by atoms with Crippen molar-refractivity contribution in [1.29, 1.82) is 5.26 Å². The largest absolute Gasteiger partial charge is 0.439 e. The Labute approximate surface area is 210 Å². The van der Waals surface area contributed by atoms with E-state index in [0.29, 0.717) is 38.4 Å². The first-order valence-electron chi connectivity index (χ1n) is 11.2. The Balaban J connectivity index is 1.33. The maximum atomic E-state index is 12.9. The van der Waals surface area contributed by atoms with Crippen LogP contribution in [0.4, 0.5) is 10.8 Å². The number of benzene rings is 2. The summed E-state index contributed by atoms with van der Waals surface area (Å²) in [5, 5.41) is 24.1. The molecule has 1 fully saturated rings. The number of hydrogen-bond donors (Lipinski definition) is 3. The molecule has 1 aliphatic rings. The molecular weight excluding hydrogens is 478 g/mol. The number of pyridine rings is 1. The molecule has 0 saturated heterocycles. The van der Waals surface area contributed by atoms with Crippen molar-refractivity contribution in [2.45, 2.75) is 25.2 Å². The monoisotopic (exact) mass is 499 g/mol. The third-order valence-corrected chi connectivity index (χ3v) is 6.80. The molecule has 0 aliphatic heterocycles. The number of aliphatic hydroxyl groups excluding tert-OH is 1. The van der Waals surface area contributed by atoms with E-state index in [9.17, 15) is 14.9 Å². The summed E-state index contributed by atoms with van der Waals surface area (Å²) in [5.74, 6) is 0.0238. The van der Waals surface area contributed by atoms with E-state index < -0.39 is 17.9 Å². The van der Waals surface area contributed by atoms with Gasteiger partial charge in [-0.3, -0.25) is 14.9 Å². The lowest BCUT2D eigenvalue weighted by atomic mass is 9.96. The zero-order chi connectivity index (χ0) is 25.3. The Kier molecular flexibility index (Phi) is 6.10. The van der Waals surface area contributed by atoms with Crippen LogP contribution < -0.4 is 15.4 Å². The molecule has 1 aliphatic carbocycles. The van der Waals surface area contributed by atoms with Crippen molar-refractivity contribution < 1.29 is 19.4 Å². The number of nitrogens with one attached hydrogen (secondary N) is 2. The first-order valence-corrected chi connectivity index (χ1v) is 12.0. The molecule has 5 rings (SSSR count). The van der Waals surface area contributed by atoms with Crippen LogP contribution in [0.2, 0.25) is 0 Å². The summed E-state index contributed by atoms with van der Waals surface area (Å²) >= 11 is 1.17. The highest BCUT2D eigenvalue weighted by Gasteiger charge is 2.45. The molecule has 2 aromatic carbocycles. The minimum Gasteiger partial charge on any atom is -0.439 e. The molecule has 10 heteroatoms. The molecule has 1 saturated carbocycles. The number of nitriles is 1. The average molecular weight is 500 g/mol. The van der Waals surface area contributed by atoms with Gasteiger partial charge in [0, 0.05) is 23.4 Å². The summed E-state index contributed by atoms with van der Waals surface area (Å²) in [7, 11) is 0. The Morgan fingerprint density at radius 2 is 1.97 bits per heavy atom. The lowest BCUT2D eigenvalue weighted by molar-refractivity contribution is -0.118. The smallest absolute Gasteiger partial charge is 0.255 e. The lowest BCUT2D eigenvalue weighted by Gasteiger charge is -2.12. The lowest BCUT2D eigenvalue weighted by Crippen LogP contribution is -2.14. The number of anilines is 2. The van der Waals surface area contributed by atoms with E-state index >= 15 is 0 Å². The summed E-state index contributed by atoms with van der Waals surface area (Å²) in [6, 6.07) is 18.3. The molecule has 2 amide bonds. The maximum absolute atomic E-state index is 12.9. The zero-order valence-electron chi connectivity index (χ0n) is 19.2. The van der Waals surface area contributed by atoms with Crippen molar-refractivity contribution in [2.24, 2.45) is 0 Å². The van der Waals surface area contributed by atoms with Crippen molar-refractivity contribution in [1.82, 2.24) is 9.97 Å². The van der Waals surface area contributed by atoms with E-state index in [1.165, 1.54) is 11.3 Å². The predicted octanol–water partition coefficient (Wildman–Crippen LogP) is 4.53. The van der Waals surface area contributed by atoms with Crippen molar-refractivity contribution in [3.63, 3.8) is 0 Å². The second kappa shape index (κ2) is 9.37. The minimum absolute atomic E-state index is 0.276. The molecule has 180 valence electrons. The molecule has 0 atom stereocenters. The number of aliphatic hydroxyl groups is 1. The van der Waals surface area contributed by atoms with Crippen LogP contribution in [-0.4, -0.2) is 33.5 Å². The normalized spacial score (nSPS) is 13.6. The van der Waals surface area contributed by atoms with Gasteiger partial charge in [0.1, 0.15) is 22.7 Å². The molecule has 0 unspecified atom stereocenters. The number of rotatable bonds is 7. The van der Waals surface area contributed by atoms with Crippen LogP contribution in [0.15, 0.2) is 54.6 Å². The molecule has 0 spiro atoms. The number of carbonyl (C=O) groups excluding carboxylic acids is 2. The highest BCUT2D eigenvalue weighted by atomic mass is 32.1. The van der Waals surface area contributed by atoms with Gasteiger partial charge >= 0.3 is 0 Å². The van der Waals surface area contributed by atoms with Crippen molar-refractivity contribution in [3.05, 3.63) is 71.3 Å². The molecule has 4 aromatic rings. The first kappa shape index (κ1) is 23.4. The fourth-order valence-corrected chi connectivity index (χ4v) is 4.57. The van der Waals surface area contributed by atoms with E-state index in [0.717, 1.165) is 24.0 Å². The second-order valence-corrected chi connectivity index (χ2v) is 9.49. The van der Waals surface area contributed by atoms with Crippen LogP contribution >= 0.6 is 11.3 Å². The third kappa shape index (κ3) is 4.75. The molecule has 3 N–H and O–H groups in total. The predicted molar refractivity (Wildman–Crippen MR) is 135 cm³/mol. The fourth-order valence-electron chi connectivity index (χ4n) is 3.72. The zero-order valence-corrected chi connectivity index (χ0v) is 20.1. The maximum Gasteiger partial charge on any atom is 0.255 e. The number of thiazole rings is 1. The molecule has 2 heterocycles. The summed E-state index contributed by atoms with van der Waals surface area (Å²) < 4.78 is 6.00. The third-order valence-electron chi connectivity index (χ3n) is 5.92. The van der Waals surface area contributed by atoms with Gasteiger partial charge in [-0.15, -0.1) is 0 Å². The number of carbonyl (C=O) groups is 2. The number of aryl methyl sites for hydroxylation is 1. The SMILES string of the molecule is Cc1ccc(NC(=O)c2cccc(C3(C#N)CC3)c2)cc1Oc1ccc2nc(NC(=O)CO)sc2n1. The first-order chi connectivity index (χ1) is 17.4. The molecule has 0 bridgehead atoms. The van der Waals surface area contributed by atoms with Crippen LogP contribution in [0.5, 0.6) is 11.6 Å². The Morgan fingerprint density at radius 3 is 2.72 bits per heavy atom. The fraction of sp³-hybridized carbons (Fsp3) is 0.192. The van der Waals surface area contributed by atoms with Gasteiger partial charge in [0.2, 0.25) is 5.88 Å². The summed E-state index contributed by atoms with van der Waals surface area (Å²) in [5.41, 5.74) is 2.89. The van der Waals surface area contributed by atoms with E-state index in [1.54, 1.807) is 42.5 Å². The van der Waals surface area contributed by atoms with E-state index in [1.807, 2.05) is 19.1 Å². The number of ether oxygens (including phenoxy) is 1. The average Bonchev–Trinajstić information content (AvgIpc) is 3.59. The van der Waals surface area contributed by atoms with Gasteiger partial charge in [-0.1, -0.05) is 29.5 Å². The quantitative estimate of drug-likeness (QED) is 0.340. The van der Waals surface area contributed by atoms with Crippen LogP contribution in [0.25, 0.3) is 10.3 Å². The van der Waals surface area contributed by atoms with Gasteiger partial charge in [0.05, 0.1) is 11.5 Å². The van der Waals surface area contributed by atoms with E-state index in [4.69, 9.17) is 9.84 Å². The second-order valence-electron chi connectivity index (χ2n) is 8.51. The molecule has 0 radical (unpaired) electrons. The highest BCUT2D eigenvalue weighted by molar-refractivity contribution is 7.21. The molecule has 9 nitrogen and oxygen atoms in total. The van der Waals surface area contributed by atoms with Gasteiger partial charge in [-0.05, 0) is 55.2 Å². The molecular formula is C26H21N5O4S. The number of fused-ring (bicyclic) bond motifs is 1. The van der Waals surface area contributed by atoms with Crippen LogP contribution in [0.3, 0.4) is 0 Å². The Hall–Kier alpha value is -4.33.